The molecule has 2 aromatic rings. The Bertz CT molecular complexity index is 1310. The molecule has 4 aliphatic rings. The van der Waals surface area contributed by atoms with E-state index in [0.29, 0.717) is 35.0 Å². The van der Waals surface area contributed by atoms with Crippen LogP contribution in [0.25, 0.3) is 0 Å². The van der Waals surface area contributed by atoms with Gasteiger partial charge in [0.25, 0.3) is 0 Å². The molecule has 1 aliphatic heterocycles. The maximum Gasteiger partial charge on any atom is 0.511 e. The molecule has 0 saturated heterocycles. The number of quaternary nitrogens is 1. The molecular weight excluding hydrogens is 508 g/mol. The summed E-state index contributed by atoms with van der Waals surface area (Å²) in [6, 6.07) is 5.85. The number of carboxylic acid groups (broad SMARTS) is 1. The van der Waals surface area contributed by atoms with Gasteiger partial charge in [0.05, 0.1) is 37.9 Å². The van der Waals surface area contributed by atoms with Crippen LogP contribution in [0.4, 0.5) is 9.59 Å². The highest BCUT2D eigenvalue weighted by molar-refractivity contribution is 5.81. The predicted molar refractivity (Wildman–Crippen MR) is 148 cm³/mol. The van der Waals surface area contributed by atoms with Crippen molar-refractivity contribution in [1.82, 2.24) is 14.5 Å². The maximum atomic E-state index is 14.3. The number of carbonyl (C=O) groups is 3. The number of aryl methyl sites for hydroxylation is 2. The number of amides is 2. The third-order valence-corrected chi connectivity index (χ3v) is 10.4. The number of nitrogens with zero attached hydrogens (tertiary/aromatic N) is 4. The molecule has 1 aromatic carbocycles. The Kier molecular flexibility index (Phi) is 7.19. The Morgan fingerprint density at radius 1 is 1.10 bits per heavy atom. The minimum atomic E-state index is -1.33. The summed E-state index contributed by atoms with van der Waals surface area (Å²) in [5.74, 6) is 2.00. The smallest absolute Gasteiger partial charge is 0.449 e. The Hall–Kier alpha value is -3.20. The first-order valence-corrected chi connectivity index (χ1v) is 15.0. The monoisotopic (exact) mass is 549 g/mol. The fourth-order valence-corrected chi connectivity index (χ4v) is 8.21. The van der Waals surface area contributed by atoms with Crippen molar-refractivity contribution in [3.05, 3.63) is 47.0 Å². The van der Waals surface area contributed by atoms with Gasteiger partial charge in [-0.05, 0) is 56.2 Å². The van der Waals surface area contributed by atoms with Gasteiger partial charge in [0.15, 0.2) is 0 Å². The van der Waals surface area contributed by atoms with E-state index in [1.54, 1.807) is 16.8 Å². The molecule has 0 radical (unpaired) electrons. The number of hydrogen-bond donors (Lipinski definition) is 1. The Morgan fingerprint density at radius 2 is 1.85 bits per heavy atom. The lowest BCUT2D eigenvalue weighted by Gasteiger charge is -2.47. The Labute approximate surface area is 235 Å². The van der Waals surface area contributed by atoms with Gasteiger partial charge in [-0.1, -0.05) is 31.7 Å². The standard InChI is InChI=1S/C31H40N4O5/c1-20-32-18-24-19-33(30(37)34(20)24)23-10-12-25(13-11-23)35(2,29(36)16-7-21-5-3-4-6-21)28-15-9-22-8-14-26(17-27(22)28)40-31(38)39/h8,14,17-18,21,23,25,28H,3-7,9-13,15-16,19H2,1-2H3/p+1. The van der Waals surface area contributed by atoms with E-state index in [9.17, 15) is 19.5 Å². The molecule has 2 saturated carbocycles. The summed E-state index contributed by atoms with van der Waals surface area (Å²) >= 11 is 0. The molecule has 1 N–H and O–H groups in total. The quantitative estimate of drug-likeness (QED) is 0.259. The molecule has 1 aromatic heterocycles. The SMILES string of the molecule is Cc1ncc2n1C(=O)N(C1CCC([N+](C)(C(=O)CCC3CCCC3)C3CCc4ccc(OC(=O)O)cc43)CC1)C2. The summed E-state index contributed by atoms with van der Waals surface area (Å²) < 4.78 is 7.10. The molecule has 2 atom stereocenters. The van der Waals surface area contributed by atoms with E-state index in [2.05, 4.69) is 12.0 Å². The molecule has 9 heteroatoms. The van der Waals surface area contributed by atoms with Gasteiger partial charge in [0.2, 0.25) is 0 Å². The summed E-state index contributed by atoms with van der Waals surface area (Å²) in [6.45, 7) is 2.47. The second-order valence-corrected chi connectivity index (χ2v) is 12.5. The Morgan fingerprint density at radius 3 is 2.55 bits per heavy atom. The van der Waals surface area contributed by atoms with E-state index in [1.165, 1.54) is 31.2 Å². The van der Waals surface area contributed by atoms with Crippen molar-refractivity contribution in [3.8, 4) is 5.75 Å². The van der Waals surface area contributed by atoms with Crippen LogP contribution in [0.1, 0.15) is 99.3 Å². The number of hydrogen-bond acceptors (Lipinski definition) is 5. The van der Waals surface area contributed by atoms with Crippen LogP contribution in [0.15, 0.2) is 24.4 Å². The molecule has 2 fully saturated rings. The predicted octanol–water partition coefficient (Wildman–Crippen LogP) is 5.97. The van der Waals surface area contributed by atoms with Crippen molar-refractivity contribution in [2.45, 2.75) is 109 Å². The van der Waals surface area contributed by atoms with Crippen LogP contribution in [0.3, 0.4) is 0 Å². The number of aromatic nitrogens is 2. The number of ether oxygens (including phenoxy) is 1. The number of rotatable bonds is 7. The van der Waals surface area contributed by atoms with Crippen LogP contribution in [0.5, 0.6) is 5.75 Å². The second-order valence-electron chi connectivity index (χ2n) is 12.5. The zero-order valence-corrected chi connectivity index (χ0v) is 23.7. The minimum Gasteiger partial charge on any atom is -0.449 e. The van der Waals surface area contributed by atoms with Gasteiger partial charge < -0.3 is 14.7 Å². The van der Waals surface area contributed by atoms with E-state index in [0.717, 1.165) is 62.0 Å². The lowest BCUT2D eigenvalue weighted by molar-refractivity contribution is -0.893. The van der Waals surface area contributed by atoms with Gasteiger partial charge in [-0.25, -0.2) is 19.4 Å². The highest BCUT2D eigenvalue weighted by Crippen LogP contribution is 2.46. The van der Waals surface area contributed by atoms with Crippen molar-refractivity contribution < 1.29 is 28.7 Å². The fraction of sp³-hybridized carbons (Fsp3) is 0.613. The molecule has 40 heavy (non-hydrogen) atoms. The van der Waals surface area contributed by atoms with Crippen molar-refractivity contribution in [2.24, 2.45) is 5.92 Å². The van der Waals surface area contributed by atoms with Crippen LogP contribution in [-0.2, 0) is 17.8 Å². The van der Waals surface area contributed by atoms with Crippen LogP contribution in [0.2, 0.25) is 0 Å². The van der Waals surface area contributed by atoms with Crippen molar-refractivity contribution in [3.63, 3.8) is 0 Å². The molecular formula is C31H41N4O5+. The van der Waals surface area contributed by atoms with E-state index < -0.39 is 6.16 Å². The Balaban J connectivity index is 1.23. The van der Waals surface area contributed by atoms with Crippen LogP contribution in [-0.4, -0.2) is 61.3 Å². The second kappa shape index (κ2) is 10.7. The summed E-state index contributed by atoms with van der Waals surface area (Å²) in [5, 5.41) is 9.19. The molecule has 2 unspecified atom stereocenters. The van der Waals surface area contributed by atoms with E-state index >= 15 is 0 Å². The molecule has 6 rings (SSSR count). The average molecular weight is 550 g/mol. The third-order valence-electron chi connectivity index (χ3n) is 10.4. The van der Waals surface area contributed by atoms with E-state index in [1.807, 2.05) is 24.0 Å². The molecule has 9 nitrogen and oxygen atoms in total. The largest absolute Gasteiger partial charge is 0.511 e. The van der Waals surface area contributed by atoms with Gasteiger partial charge >= 0.3 is 18.1 Å². The first kappa shape index (κ1) is 27.0. The van der Waals surface area contributed by atoms with E-state index in [4.69, 9.17) is 4.74 Å². The van der Waals surface area contributed by atoms with Crippen molar-refractivity contribution in [1.29, 1.82) is 0 Å². The van der Waals surface area contributed by atoms with Gasteiger partial charge in [-0.3, -0.25) is 9.05 Å². The lowest BCUT2D eigenvalue weighted by Crippen LogP contribution is -2.59. The highest BCUT2D eigenvalue weighted by atomic mass is 16.7. The zero-order chi connectivity index (χ0) is 28.0. The normalized spacial score (nSPS) is 26.0. The molecule has 0 bridgehead atoms. The zero-order valence-electron chi connectivity index (χ0n) is 23.7. The average Bonchev–Trinajstić information content (AvgIpc) is 3.73. The first-order valence-electron chi connectivity index (χ1n) is 15.0. The van der Waals surface area contributed by atoms with Gasteiger partial charge in [-0.2, -0.15) is 0 Å². The summed E-state index contributed by atoms with van der Waals surface area (Å²) in [7, 11) is 2.13. The van der Waals surface area contributed by atoms with Crippen LogP contribution >= 0.6 is 0 Å². The minimum absolute atomic E-state index is 0.0205. The summed E-state index contributed by atoms with van der Waals surface area (Å²) in [4.78, 5) is 45.0. The number of fused-ring (bicyclic) bond motifs is 2. The lowest BCUT2D eigenvalue weighted by atomic mass is 9.85. The van der Waals surface area contributed by atoms with Crippen molar-refractivity contribution >= 4 is 18.1 Å². The molecule has 2 heterocycles. The molecule has 214 valence electrons. The van der Waals surface area contributed by atoms with Gasteiger partial charge in [-0.15, -0.1) is 0 Å². The highest BCUT2D eigenvalue weighted by Gasteiger charge is 2.51. The number of carbonyl (C=O) groups excluding carboxylic acids is 2. The first-order chi connectivity index (χ1) is 19.3. The number of imidazole rings is 1. The van der Waals surface area contributed by atoms with Crippen LogP contribution < -0.4 is 4.74 Å². The summed E-state index contributed by atoms with van der Waals surface area (Å²) in [6.07, 6.45) is 12.3. The molecule has 0 spiro atoms. The molecule has 3 aliphatic carbocycles. The number of benzene rings is 1. The van der Waals surface area contributed by atoms with Gasteiger partial charge in [0.1, 0.15) is 17.6 Å². The topological polar surface area (TPSA) is 102 Å². The maximum absolute atomic E-state index is 14.3. The van der Waals surface area contributed by atoms with Crippen molar-refractivity contribution in [2.75, 3.05) is 7.05 Å². The van der Waals surface area contributed by atoms with Crippen LogP contribution in [0, 0.1) is 12.8 Å². The fourth-order valence-electron chi connectivity index (χ4n) is 8.21. The summed E-state index contributed by atoms with van der Waals surface area (Å²) in [5.41, 5.74) is 3.18. The van der Waals surface area contributed by atoms with E-state index in [-0.39, 0.29) is 24.2 Å². The third kappa shape index (κ3) is 4.72. The van der Waals surface area contributed by atoms with Gasteiger partial charge in [0, 0.05) is 30.9 Å². The molecule has 2 amide bonds.